The minimum atomic E-state index is -4.04. The number of hydrogen-bond acceptors (Lipinski definition) is 6. The first-order valence-corrected chi connectivity index (χ1v) is 12.9. The van der Waals surface area contributed by atoms with Gasteiger partial charge in [-0.25, -0.2) is 4.98 Å². The molecular formula is C27H25N5O5S. The number of anilines is 1. The summed E-state index contributed by atoms with van der Waals surface area (Å²) in [5, 5.41) is 2.77. The number of carbonyl (C=O) groups excluding carboxylic acids is 2. The molecule has 4 rings (SSSR count). The van der Waals surface area contributed by atoms with Crippen LogP contribution in [0.2, 0.25) is 0 Å². The summed E-state index contributed by atoms with van der Waals surface area (Å²) in [5.74, 6) is -0.374. The van der Waals surface area contributed by atoms with E-state index in [9.17, 15) is 18.0 Å². The molecule has 0 saturated carbocycles. The molecule has 2 aromatic heterocycles. The van der Waals surface area contributed by atoms with Crippen LogP contribution in [0.5, 0.6) is 11.5 Å². The Labute approximate surface area is 219 Å². The van der Waals surface area contributed by atoms with E-state index in [1.807, 2.05) is 6.92 Å². The lowest BCUT2D eigenvalue weighted by molar-refractivity contribution is -0.118. The molecule has 11 heteroatoms. The van der Waals surface area contributed by atoms with E-state index >= 15 is 0 Å². The maximum atomic E-state index is 12.8. The van der Waals surface area contributed by atoms with Crippen LogP contribution in [-0.4, -0.2) is 29.8 Å². The predicted octanol–water partition coefficient (Wildman–Crippen LogP) is 3.32. The predicted molar refractivity (Wildman–Crippen MR) is 141 cm³/mol. The summed E-state index contributed by atoms with van der Waals surface area (Å²) in [6.45, 7) is 3.32. The Morgan fingerprint density at radius 1 is 0.974 bits per heavy atom. The Hall–Kier alpha value is -4.77. The summed E-state index contributed by atoms with van der Waals surface area (Å²) < 4.78 is 36.7. The van der Waals surface area contributed by atoms with Gasteiger partial charge in [-0.2, -0.15) is 8.42 Å². The van der Waals surface area contributed by atoms with Gasteiger partial charge in [0.2, 0.25) is 5.91 Å². The highest BCUT2D eigenvalue weighted by Gasteiger charge is 2.14. The number of nitrogens with two attached hydrogens (primary N) is 1. The van der Waals surface area contributed by atoms with Crippen LogP contribution < -0.4 is 21.3 Å². The number of hydrogen-bond donors (Lipinski definition) is 2. The zero-order valence-electron chi connectivity index (χ0n) is 20.7. The molecule has 0 aliphatic heterocycles. The summed E-state index contributed by atoms with van der Waals surface area (Å²) in [6.07, 6.45) is 1.43. The van der Waals surface area contributed by atoms with Gasteiger partial charge in [0.1, 0.15) is 29.2 Å². The van der Waals surface area contributed by atoms with E-state index in [4.69, 9.17) is 10.5 Å². The number of aromatic nitrogens is 2. The Morgan fingerprint density at radius 3 is 2.42 bits per heavy atom. The molecular weight excluding hydrogens is 506 g/mol. The highest BCUT2D eigenvalue weighted by atomic mass is 32.2. The largest absolute Gasteiger partial charge is 0.456 e. The maximum Gasteiger partial charge on any atom is 0.284 e. The Morgan fingerprint density at radius 2 is 1.71 bits per heavy atom. The lowest BCUT2D eigenvalue weighted by atomic mass is 10.2. The Balaban J connectivity index is 1.60. The number of pyridine rings is 2. The van der Waals surface area contributed by atoms with E-state index in [2.05, 4.69) is 14.7 Å². The number of nitrogens with one attached hydrogen (secondary N) is 1. The molecule has 2 amide bonds. The average Bonchev–Trinajstić information content (AvgIpc) is 2.86. The van der Waals surface area contributed by atoms with Crippen LogP contribution in [0.15, 0.2) is 94.4 Å². The van der Waals surface area contributed by atoms with E-state index in [1.54, 1.807) is 61.5 Å². The van der Waals surface area contributed by atoms with Gasteiger partial charge in [0.05, 0.1) is 4.90 Å². The lowest BCUT2D eigenvalue weighted by Gasteiger charge is -2.12. The minimum absolute atomic E-state index is 0.00314. The number of rotatable bonds is 8. The third-order valence-corrected chi connectivity index (χ3v) is 6.58. The first-order chi connectivity index (χ1) is 18.1. The van der Waals surface area contributed by atoms with Crippen molar-refractivity contribution >= 4 is 27.5 Å². The van der Waals surface area contributed by atoms with Gasteiger partial charge < -0.3 is 20.4 Å². The molecule has 3 N–H and O–H groups in total. The van der Waals surface area contributed by atoms with Crippen LogP contribution in [-0.2, 0) is 21.4 Å². The van der Waals surface area contributed by atoms with Crippen LogP contribution in [0, 0.1) is 13.8 Å². The molecule has 194 valence electrons. The zero-order valence-corrected chi connectivity index (χ0v) is 21.5. The molecule has 0 spiro atoms. The molecule has 0 atom stereocenters. The van der Waals surface area contributed by atoms with Crippen molar-refractivity contribution in [3.63, 3.8) is 0 Å². The van der Waals surface area contributed by atoms with Gasteiger partial charge in [-0.05, 0) is 62.4 Å². The number of amides is 2. The first-order valence-electron chi connectivity index (χ1n) is 11.5. The van der Waals surface area contributed by atoms with E-state index in [0.29, 0.717) is 17.2 Å². The standard InChI is InChI=1S/C27H25N5O5S/c1-18-9-12-23(13-10-18)38(35,36)31-26-14-11-22(16-32(26)17-25(28)33)37-21-7-4-6-20(15-21)30-27(34)24-8-3-5-19(2)29-24/h3-16H,17H2,1-2H3,(H2,28,33)(H,30,34). The van der Waals surface area contributed by atoms with Crippen LogP contribution in [0.1, 0.15) is 21.7 Å². The van der Waals surface area contributed by atoms with Gasteiger partial charge >= 0.3 is 0 Å². The molecule has 0 radical (unpaired) electrons. The molecule has 38 heavy (non-hydrogen) atoms. The number of nitrogens with zero attached hydrogens (tertiary/aromatic N) is 3. The van der Waals surface area contributed by atoms with Crippen LogP contribution >= 0.6 is 0 Å². The third-order valence-electron chi connectivity index (χ3n) is 5.28. The van der Waals surface area contributed by atoms with E-state index in [-0.39, 0.29) is 28.5 Å². The highest BCUT2D eigenvalue weighted by molar-refractivity contribution is 7.90. The summed E-state index contributed by atoms with van der Waals surface area (Å²) >= 11 is 0. The van der Waals surface area contributed by atoms with Crippen molar-refractivity contribution in [1.82, 2.24) is 9.55 Å². The molecule has 0 aliphatic carbocycles. The number of sulfonamides is 1. The van der Waals surface area contributed by atoms with Gasteiger partial charge in [-0.1, -0.05) is 29.8 Å². The second-order valence-electron chi connectivity index (χ2n) is 8.44. The fourth-order valence-electron chi connectivity index (χ4n) is 3.48. The van der Waals surface area contributed by atoms with Crippen molar-refractivity contribution < 1.29 is 22.7 Å². The summed E-state index contributed by atoms with van der Waals surface area (Å²) in [7, 11) is -4.04. The fourth-order valence-corrected chi connectivity index (χ4v) is 4.47. The van der Waals surface area contributed by atoms with E-state index < -0.39 is 15.9 Å². The lowest BCUT2D eigenvalue weighted by Crippen LogP contribution is -2.28. The first kappa shape index (κ1) is 26.3. The van der Waals surface area contributed by atoms with Crippen molar-refractivity contribution in [2.24, 2.45) is 10.1 Å². The maximum absolute atomic E-state index is 12.8. The SMILES string of the molecule is Cc1ccc(S(=O)(=O)N=c2ccc(Oc3cccc(NC(=O)c4cccc(C)n4)c3)cn2CC(N)=O)cc1. The van der Waals surface area contributed by atoms with Crippen molar-refractivity contribution in [2.45, 2.75) is 25.3 Å². The molecule has 2 heterocycles. The normalized spacial score (nSPS) is 11.7. The second-order valence-corrected chi connectivity index (χ2v) is 10.0. The molecule has 0 aliphatic rings. The van der Waals surface area contributed by atoms with Gasteiger partial charge in [0.25, 0.3) is 15.9 Å². The van der Waals surface area contributed by atoms with Crippen LogP contribution in [0.25, 0.3) is 0 Å². The molecule has 0 unspecified atom stereocenters. The zero-order chi connectivity index (χ0) is 27.3. The van der Waals surface area contributed by atoms with Gasteiger partial charge in [-0.15, -0.1) is 4.40 Å². The van der Waals surface area contributed by atoms with Crippen LogP contribution in [0.3, 0.4) is 0 Å². The van der Waals surface area contributed by atoms with Gasteiger partial charge in [0.15, 0.2) is 0 Å². The fraction of sp³-hybridized carbons (Fsp3) is 0.111. The Bertz CT molecular complexity index is 1680. The summed E-state index contributed by atoms with van der Waals surface area (Å²) in [5.41, 5.74) is 7.77. The molecule has 0 saturated heterocycles. The quantitative estimate of drug-likeness (QED) is 0.357. The molecule has 4 aromatic rings. The number of primary amides is 1. The minimum Gasteiger partial charge on any atom is -0.456 e. The summed E-state index contributed by atoms with van der Waals surface area (Å²) in [4.78, 5) is 28.4. The molecule has 0 fully saturated rings. The number of ether oxygens (including phenoxy) is 1. The number of benzene rings is 2. The Kier molecular flexibility index (Phi) is 7.68. The second kappa shape index (κ2) is 11.1. The van der Waals surface area contributed by atoms with Gasteiger partial charge in [0, 0.05) is 23.6 Å². The van der Waals surface area contributed by atoms with Crippen LogP contribution in [0.4, 0.5) is 5.69 Å². The van der Waals surface area contributed by atoms with E-state index in [1.165, 1.54) is 35.0 Å². The summed E-state index contributed by atoms with van der Waals surface area (Å²) in [6, 6.07) is 21.1. The molecule has 10 nitrogen and oxygen atoms in total. The topological polar surface area (TPSA) is 146 Å². The molecule has 2 aromatic carbocycles. The monoisotopic (exact) mass is 531 g/mol. The number of aryl methyl sites for hydroxylation is 2. The smallest absolute Gasteiger partial charge is 0.284 e. The van der Waals surface area contributed by atoms with E-state index in [0.717, 1.165) is 11.3 Å². The highest BCUT2D eigenvalue weighted by Crippen LogP contribution is 2.24. The molecule has 0 bridgehead atoms. The van der Waals surface area contributed by atoms with Crippen molar-refractivity contribution in [2.75, 3.05) is 5.32 Å². The number of carbonyl (C=O) groups is 2. The van der Waals surface area contributed by atoms with Crippen molar-refractivity contribution in [3.05, 3.63) is 107 Å². The average molecular weight is 532 g/mol. The van der Waals surface area contributed by atoms with Crippen molar-refractivity contribution in [3.8, 4) is 11.5 Å². The van der Waals surface area contributed by atoms with Crippen molar-refractivity contribution in [1.29, 1.82) is 0 Å². The van der Waals surface area contributed by atoms with Gasteiger partial charge in [-0.3, -0.25) is 9.59 Å². The third kappa shape index (κ3) is 6.71.